The van der Waals surface area contributed by atoms with E-state index < -0.39 is 0 Å². The Balaban J connectivity index is 1.40. The van der Waals surface area contributed by atoms with Crippen LogP contribution in [0.25, 0.3) is 11.4 Å². The molecule has 116 valence electrons. The first-order valence-corrected chi connectivity index (χ1v) is 7.96. The van der Waals surface area contributed by atoms with Gasteiger partial charge in [-0.3, -0.25) is 10.00 Å². The van der Waals surface area contributed by atoms with Crippen LogP contribution in [0.1, 0.15) is 23.6 Å². The Morgan fingerprint density at radius 2 is 1.91 bits per heavy atom. The normalized spacial score (nSPS) is 18.3. The molecule has 4 rings (SSSR count). The lowest BCUT2D eigenvalue weighted by Gasteiger charge is -2.15. The van der Waals surface area contributed by atoms with Crippen LogP contribution in [0.5, 0.6) is 0 Å². The van der Waals surface area contributed by atoms with Crippen molar-refractivity contribution in [1.82, 2.24) is 25.1 Å². The van der Waals surface area contributed by atoms with Crippen LogP contribution in [0, 0.1) is 0 Å². The number of nitrogens with zero attached hydrogens (tertiary/aromatic N) is 4. The van der Waals surface area contributed by atoms with E-state index in [2.05, 4.69) is 31.1 Å². The molecular weight excluding hydrogens is 286 g/mol. The van der Waals surface area contributed by atoms with E-state index in [0.29, 0.717) is 5.92 Å². The summed E-state index contributed by atoms with van der Waals surface area (Å²) >= 11 is 0. The standard InChI is InChI=1S/C18H19N5/c1-2-4-15(5-3-1)18-19-10-14(11-20-18)12-23-9-7-16(13-23)17-6-8-21-22-17/h1-6,8,10-11,16H,7,9,12-13H2,(H,21,22)/t16-/m1/s1. The van der Waals surface area contributed by atoms with Crippen molar-refractivity contribution >= 4 is 0 Å². The molecule has 23 heavy (non-hydrogen) atoms. The van der Waals surface area contributed by atoms with Crippen molar-refractivity contribution in [1.29, 1.82) is 0 Å². The molecule has 0 saturated carbocycles. The fourth-order valence-electron chi connectivity index (χ4n) is 3.16. The first-order chi connectivity index (χ1) is 11.4. The van der Waals surface area contributed by atoms with Crippen LogP contribution >= 0.6 is 0 Å². The average Bonchev–Trinajstić information content (AvgIpc) is 3.28. The van der Waals surface area contributed by atoms with E-state index in [1.807, 2.05) is 48.9 Å². The molecule has 1 aromatic carbocycles. The number of hydrogen-bond acceptors (Lipinski definition) is 4. The van der Waals surface area contributed by atoms with E-state index >= 15 is 0 Å². The molecule has 5 heteroatoms. The summed E-state index contributed by atoms with van der Waals surface area (Å²) in [4.78, 5) is 11.5. The third kappa shape index (κ3) is 3.14. The molecule has 1 atom stereocenters. The van der Waals surface area contributed by atoms with Gasteiger partial charge in [-0.1, -0.05) is 30.3 Å². The molecule has 1 N–H and O–H groups in total. The second-order valence-electron chi connectivity index (χ2n) is 6.01. The molecule has 0 spiro atoms. The minimum Gasteiger partial charge on any atom is -0.298 e. The van der Waals surface area contributed by atoms with Gasteiger partial charge in [0.25, 0.3) is 0 Å². The highest BCUT2D eigenvalue weighted by molar-refractivity contribution is 5.53. The number of hydrogen-bond donors (Lipinski definition) is 1. The zero-order valence-corrected chi connectivity index (χ0v) is 12.9. The van der Waals surface area contributed by atoms with Crippen LogP contribution in [-0.2, 0) is 6.54 Å². The Morgan fingerprint density at radius 3 is 2.65 bits per heavy atom. The van der Waals surface area contributed by atoms with Crippen molar-refractivity contribution in [3.05, 3.63) is 66.2 Å². The molecule has 0 amide bonds. The molecule has 3 aromatic rings. The SMILES string of the molecule is c1ccc(-c2ncc(CN3CC[C@@H](c4ccn[nH]4)C3)cn2)cc1. The summed E-state index contributed by atoms with van der Waals surface area (Å²) in [7, 11) is 0. The van der Waals surface area contributed by atoms with E-state index in [1.54, 1.807) is 0 Å². The maximum atomic E-state index is 4.51. The predicted octanol–water partition coefficient (Wildman–Crippen LogP) is 2.86. The maximum absolute atomic E-state index is 4.51. The van der Waals surface area contributed by atoms with Gasteiger partial charge in [-0.05, 0) is 19.0 Å². The molecule has 0 aliphatic carbocycles. The summed E-state index contributed by atoms with van der Waals surface area (Å²) in [6.07, 6.45) is 6.89. The highest BCUT2D eigenvalue weighted by Crippen LogP contribution is 2.26. The first kappa shape index (κ1) is 14.1. The molecule has 5 nitrogen and oxygen atoms in total. The van der Waals surface area contributed by atoms with E-state index in [0.717, 1.165) is 36.6 Å². The van der Waals surface area contributed by atoms with Gasteiger partial charge in [0.15, 0.2) is 5.82 Å². The molecule has 1 fully saturated rings. The molecule has 3 heterocycles. The molecule has 0 radical (unpaired) electrons. The second-order valence-corrected chi connectivity index (χ2v) is 6.01. The average molecular weight is 305 g/mol. The van der Waals surface area contributed by atoms with E-state index in [1.165, 1.54) is 12.1 Å². The number of aromatic amines is 1. The van der Waals surface area contributed by atoms with Crippen LogP contribution in [-0.4, -0.2) is 38.2 Å². The summed E-state index contributed by atoms with van der Waals surface area (Å²) in [6.45, 7) is 3.06. The largest absolute Gasteiger partial charge is 0.298 e. The van der Waals surface area contributed by atoms with Crippen molar-refractivity contribution in [2.45, 2.75) is 18.9 Å². The molecule has 0 bridgehead atoms. The zero-order valence-electron chi connectivity index (χ0n) is 12.9. The van der Waals surface area contributed by atoms with E-state index in [9.17, 15) is 0 Å². The Bertz CT molecular complexity index is 737. The smallest absolute Gasteiger partial charge is 0.159 e. The zero-order chi connectivity index (χ0) is 15.5. The van der Waals surface area contributed by atoms with E-state index in [4.69, 9.17) is 0 Å². The minimum atomic E-state index is 0.557. The van der Waals surface area contributed by atoms with Gasteiger partial charge in [-0.15, -0.1) is 0 Å². The molecule has 2 aromatic heterocycles. The van der Waals surface area contributed by atoms with Gasteiger partial charge in [-0.2, -0.15) is 5.10 Å². The molecule has 1 saturated heterocycles. The first-order valence-electron chi connectivity index (χ1n) is 7.96. The fourth-order valence-corrected chi connectivity index (χ4v) is 3.16. The highest BCUT2D eigenvalue weighted by atomic mass is 15.2. The van der Waals surface area contributed by atoms with Gasteiger partial charge in [0, 0.05) is 54.4 Å². The summed E-state index contributed by atoms with van der Waals surface area (Å²) < 4.78 is 0. The van der Waals surface area contributed by atoms with Crippen molar-refractivity contribution in [2.24, 2.45) is 0 Å². The number of benzene rings is 1. The minimum absolute atomic E-state index is 0.557. The van der Waals surface area contributed by atoms with Crippen LogP contribution in [0.4, 0.5) is 0 Å². The topological polar surface area (TPSA) is 57.7 Å². The third-order valence-electron chi connectivity index (χ3n) is 4.38. The van der Waals surface area contributed by atoms with Crippen molar-refractivity contribution in [3.8, 4) is 11.4 Å². The Morgan fingerprint density at radius 1 is 1.09 bits per heavy atom. The molecular formula is C18H19N5. The van der Waals surface area contributed by atoms with Gasteiger partial charge in [0.05, 0.1) is 0 Å². The van der Waals surface area contributed by atoms with Crippen molar-refractivity contribution in [2.75, 3.05) is 13.1 Å². The van der Waals surface area contributed by atoms with Gasteiger partial charge >= 0.3 is 0 Å². The van der Waals surface area contributed by atoms with Crippen molar-refractivity contribution in [3.63, 3.8) is 0 Å². The van der Waals surface area contributed by atoms with Crippen LogP contribution in [0.15, 0.2) is 55.0 Å². The summed E-state index contributed by atoms with van der Waals surface area (Å²) in [5, 5.41) is 7.14. The molecule has 1 aliphatic heterocycles. The van der Waals surface area contributed by atoms with Crippen LogP contribution in [0.3, 0.4) is 0 Å². The number of H-pyrrole nitrogens is 1. The van der Waals surface area contributed by atoms with Gasteiger partial charge < -0.3 is 0 Å². The Hall–Kier alpha value is -2.53. The number of likely N-dealkylation sites (tertiary alicyclic amines) is 1. The second kappa shape index (κ2) is 6.30. The Kier molecular flexibility index (Phi) is 3.86. The predicted molar refractivity (Wildman–Crippen MR) is 88.7 cm³/mol. The Labute approximate surface area is 135 Å². The van der Waals surface area contributed by atoms with Crippen LogP contribution < -0.4 is 0 Å². The third-order valence-corrected chi connectivity index (χ3v) is 4.38. The van der Waals surface area contributed by atoms with E-state index in [-0.39, 0.29) is 0 Å². The summed E-state index contributed by atoms with van der Waals surface area (Å²) in [5.41, 5.74) is 3.46. The lowest BCUT2D eigenvalue weighted by molar-refractivity contribution is 0.325. The van der Waals surface area contributed by atoms with Gasteiger partial charge in [0.2, 0.25) is 0 Å². The van der Waals surface area contributed by atoms with Gasteiger partial charge in [0.1, 0.15) is 0 Å². The van der Waals surface area contributed by atoms with Crippen LogP contribution in [0.2, 0.25) is 0 Å². The maximum Gasteiger partial charge on any atom is 0.159 e. The lowest BCUT2D eigenvalue weighted by Crippen LogP contribution is -2.20. The number of aromatic nitrogens is 4. The highest BCUT2D eigenvalue weighted by Gasteiger charge is 2.24. The summed E-state index contributed by atoms with van der Waals surface area (Å²) in [6, 6.07) is 12.2. The number of nitrogens with one attached hydrogen (secondary N) is 1. The fraction of sp³-hybridized carbons (Fsp3) is 0.278. The molecule has 0 unspecified atom stereocenters. The lowest BCUT2D eigenvalue weighted by atomic mass is 10.1. The monoisotopic (exact) mass is 305 g/mol. The summed E-state index contributed by atoms with van der Waals surface area (Å²) in [5.74, 6) is 1.34. The quantitative estimate of drug-likeness (QED) is 0.805. The van der Waals surface area contributed by atoms with Crippen molar-refractivity contribution < 1.29 is 0 Å². The number of rotatable bonds is 4. The molecule has 1 aliphatic rings. The van der Waals surface area contributed by atoms with Gasteiger partial charge in [-0.25, -0.2) is 9.97 Å².